The van der Waals surface area contributed by atoms with Crippen LogP contribution in [0.1, 0.15) is 13.3 Å². The number of anilines is 1. The summed E-state index contributed by atoms with van der Waals surface area (Å²) in [5.41, 5.74) is 0.884. The zero-order valence-corrected chi connectivity index (χ0v) is 9.92. The Labute approximate surface area is 104 Å². The van der Waals surface area contributed by atoms with Crippen LogP contribution in [0.4, 0.5) is 11.5 Å². The van der Waals surface area contributed by atoms with Crippen molar-refractivity contribution in [1.82, 2.24) is 4.98 Å². The van der Waals surface area contributed by atoms with Crippen LogP contribution in [0.2, 0.25) is 0 Å². The van der Waals surface area contributed by atoms with E-state index in [0.717, 1.165) is 13.0 Å². The van der Waals surface area contributed by atoms with E-state index in [0.29, 0.717) is 17.1 Å². The van der Waals surface area contributed by atoms with E-state index in [2.05, 4.69) is 10.3 Å². The van der Waals surface area contributed by atoms with Crippen molar-refractivity contribution < 1.29 is 9.34 Å². The van der Waals surface area contributed by atoms with E-state index in [1.807, 2.05) is 6.92 Å². The Morgan fingerprint density at radius 1 is 1.44 bits per heavy atom. The Morgan fingerprint density at radius 2 is 2.28 bits per heavy atom. The Bertz CT molecular complexity index is 538. The van der Waals surface area contributed by atoms with Crippen molar-refractivity contribution in [1.29, 1.82) is 0 Å². The van der Waals surface area contributed by atoms with E-state index < -0.39 is 4.92 Å². The topological polar surface area (TPSA) is 81.2 Å². The zero-order chi connectivity index (χ0) is 13.0. The van der Waals surface area contributed by atoms with Crippen LogP contribution in [0.5, 0.6) is 0 Å². The summed E-state index contributed by atoms with van der Waals surface area (Å²) in [7, 11) is 0. The summed E-state index contributed by atoms with van der Waals surface area (Å²) < 4.78 is 4.94. The molecule has 6 nitrogen and oxygen atoms in total. The summed E-state index contributed by atoms with van der Waals surface area (Å²) in [4.78, 5) is 14.8. The Balaban J connectivity index is 2.42. The molecule has 2 heterocycles. The second-order valence-electron chi connectivity index (χ2n) is 3.76. The summed E-state index contributed by atoms with van der Waals surface area (Å²) in [6.07, 6.45) is 3.87. The van der Waals surface area contributed by atoms with Gasteiger partial charge in [0.2, 0.25) is 0 Å². The molecule has 0 saturated heterocycles. The SMILES string of the molecule is CCCNc1ccc([N+](=O)[O-])c(-c2ccoc2)n1. The van der Waals surface area contributed by atoms with Gasteiger partial charge in [0.05, 0.1) is 17.4 Å². The van der Waals surface area contributed by atoms with Crippen molar-refractivity contribution in [2.24, 2.45) is 0 Å². The van der Waals surface area contributed by atoms with Crippen LogP contribution in [0, 0.1) is 10.1 Å². The van der Waals surface area contributed by atoms with Crippen molar-refractivity contribution in [3.8, 4) is 11.3 Å². The van der Waals surface area contributed by atoms with Gasteiger partial charge in [0.15, 0.2) is 5.69 Å². The van der Waals surface area contributed by atoms with Crippen LogP contribution in [-0.2, 0) is 0 Å². The average Bonchev–Trinajstić information content (AvgIpc) is 2.89. The van der Waals surface area contributed by atoms with Gasteiger partial charge in [0.25, 0.3) is 5.69 Å². The molecule has 0 aliphatic carbocycles. The third kappa shape index (κ3) is 2.48. The first-order valence-corrected chi connectivity index (χ1v) is 5.64. The van der Waals surface area contributed by atoms with E-state index in [1.54, 1.807) is 12.1 Å². The molecule has 0 aliphatic rings. The van der Waals surface area contributed by atoms with Crippen LogP contribution < -0.4 is 5.32 Å². The first-order chi connectivity index (χ1) is 8.72. The van der Waals surface area contributed by atoms with Gasteiger partial charge in [-0.15, -0.1) is 0 Å². The lowest BCUT2D eigenvalue weighted by atomic mass is 10.2. The maximum atomic E-state index is 11.0. The number of nitrogens with one attached hydrogen (secondary N) is 1. The fourth-order valence-corrected chi connectivity index (χ4v) is 1.56. The minimum atomic E-state index is -0.446. The van der Waals surface area contributed by atoms with Crippen LogP contribution in [0.3, 0.4) is 0 Å². The van der Waals surface area contributed by atoms with Gasteiger partial charge in [-0.1, -0.05) is 6.92 Å². The number of hydrogen-bond donors (Lipinski definition) is 1. The number of nitro groups is 1. The molecule has 6 heteroatoms. The normalized spacial score (nSPS) is 10.3. The first-order valence-electron chi connectivity index (χ1n) is 5.64. The highest BCUT2D eigenvalue weighted by molar-refractivity contribution is 5.70. The summed E-state index contributed by atoms with van der Waals surface area (Å²) in [6, 6.07) is 4.71. The summed E-state index contributed by atoms with van der Waals surface area (Å²) in [5, 5.41) is 14.1. The number of furan rings is 1. The molecule has 2 rings (SSSR count). The second-order valence-corrected chi connectivity index (χ2v) is 3.76. The maximum absolute atomic E-state index is 11.0. The molecule has 0 aromatic carbocycles. The number of pyridine rings is 1. The largest absolute Gasteiger partial charge is 0.472 e. The third-order valence-corrected chi connectivity index (χ3v) is 2.42. The first kappa shape index (κ1) is 12.1. The summed E-state index contributed by atoms with van der Waals surface area (Å²) >= 11 is 0. The lowest BCUT2D eigenvalue weighted by Crippen LogP contribution is -2.03. The molecule has 0 atom stereocenters. The van der Waals surface area contributed by atoms with Crippen molar-refractivity contribution in [2.45, 2.75) is 13.3 Å². The van der Waals surface area contributed by atoms with Crippen LogP contribution in [-0.4, -0.2) is 16.5 Å². The monoisotopic (exact) mass is 247 g/mol. The van der Waals surface area contributed by atoms with E-state index >= 15 is 0 Å². The molecule has 2 aromatic heterocycles. The average molecular weight is 247 g/mol. The van der Waals surface area contributed by atoms with Crippen LogP contribution in [0.15, 0.2) is 35.1 Å². The Kier molecular flexibility index (Phi) is 3.57. The molecule has 0 saturated carbocycles. The minimum absolute atomic E-state index is 0.0292. The predicted octanol–water partition coefficient (Wildman–Crippen LogP) is 3.07. The predicted molar refractivity (Wildman–Crippen MR) is 67.4 cm³/mol. The molecule has 0 radical (unpaired) electrons. The molecule has 0 aliphatic heterocycles. The number of rotatable bonds is 5. The molecule has 2 aromatic rings. The van der Waals surface area contributed by atoms with Crippen molar-refractivity contribution in [3.05, 3.63) is 40.8 Å². The molecular weight excluding hydrogens is 234 g/mol. The lowest BCUT2D eigenvalue weighted by Gasteiger charge is -2.05. The van der Waals surface area contributed by atoms with Gasteiger partial charge in [0.1, 0.15) is 5.82 Å². The molecule has 0 amide bonds. The van der Waals surface area contributed by atoms with E-state index in [4.69, 9.17) is 4.42 Å². The molecule has 18 heavy (non-hydrogen) atoms. The van der Waals surface area contributed by atoms with E-state index in [-0.39, 0.29) is 5.69 Å². The van der Waals surface area contributed by atoms with Crippen LogP contribution >= 0.6 is 0 Å². The van der Waals surface area contributed by atoms with Gasteiger partial charge in [0, 0.05) is 18.2 Å². The third-order valence-electron chi connectivity index (χ3n) is 2.42. The van der Waals surface area contributed by atoms with Crippen molar-refractivity contribution >= 4 is 11.5 Å². The molecule has 0 unspecified atom stereocenters. The van der Waals surface area contributed by atoms with Crippen LogP contribution in [0.25, 0.3) is 11.3 Å². The summed E-state index contributed by atoms with van der Waals surface area (Å²) in [5.74, 6) is 0.624. The molecule has 94 valence electrons. The molecule has 0 spiro atoms. The minimum Gasteiger partial charge on any atom is -0.472 e. The smallest absolute Gasteiger partial charge is 0.295 e. The lowest BCUT2D eigenvalue weighted by molar-refractivity contribution is -0.384. The van der Waals surface area contributed by atoms with Gasteiger partial charge >= 0.3 is 0 Å². The Hall–Kier alpha value is -2.37. The fraction of sp³-hybridized carbons (Fsp3) is 0.250. The standard InChI is InChI=1S/C12H13N3O3/c1-2-6-13-11-4-3-10(15(16)17)12(14-11)9-5-7-18-8-9/h3-5,7-8H,2,6H2,1H3,(H,13,14). The molecule has 1 N–H and O–H groups in total. The fourth-order valence-electron chi connectivity index (χ4n) is 1.56. The Morgan fingerprint density at radius 3 is 2.89 bits per heavy atom. The number of aromatic nitrogens is 1. The highest BCUT2D eigenvalue weighted by Gasteiger charge is 2.18. The highest BCUT2D eigenvalue weighted by atomic mass is 16.6. The molecular formula is C12H13N3O3. The van der Waals surface area contributed by atoms with E-state index in [9.17, 15) is 10.1 Å². The van der Waals surface area contributed by atoms with Gasteiger partial charge in [-0.3, -0.25) is 10.1 Å². The zero-order valence-electron chi connectivity index (χ0n) is 9.92. The van der Waals surface area contributed by atoms with Gasteiger partial charge in [-0.2, -0.15) is 0 Å². The van der Waals surface area contributed by atoms with E-state index in [1.165, 1.54) is 18.6 Å². The van der Waals surface area contributed by atoms with Gasteiger partial charge in [-0.25, -0.2) is 4.98 Å². The molecule has 0 fully saturated rings. The second kappa shape index (κ2) is 5.31. The molecule has 0 bridgehead atoms. The summed E-state index contributed by atoms with van der Waals surface area (Å²) in [6.45, 7) is 2.81. The van der Waals surface area contributed by atoms with Gasteiger partial charge < -0.3 is 9.73 Å². The van der Waals surface area contributed by atoms with Crippen molar-refractivity contribution in [3.63, 3.8) is 0 Å². The van der Waals surface area contributed by atoms with Crippen molar-refractivity contribution in [2.75, 3.05) is 11.9 Å². The number of nitrogens with zero attached hydrogens (tertiary/aromatic N) is 2. The maximum Gasteiger partial charge on any atom is 0.295 e. The quantitative estimate of drug-likeness (QED) is 0.648. The highest BCUT2D eigenvalue weighted by Crippen LogP contribution is 2.29. The van der Waals surface area contributed by atoms with Gasteiger partial charge in [-0.05, 0) is 18.6 Å². The number of hydrogen-bond acceptors (Lipinski definition) is 5.